The Morgan fingerprint density at radius 3 is 2.38 bits per heavy atom. The normalized spacial score (nSPS) is 20.4. The van der Waals surface area contributed by atoms with Crippen LogP contribution < -0.4 is 0 Å². The number of amides is 1. The van der Waals surface area contributed by atoms with Crippen LogP contribution in [0.15, 0.2) is 5.16 Å². The van der Waals surface area contributed by atoms with Crippen molar-refractivity contribution in [2.45, 2.75) is 12.8 Å². The zero-order valence-corrected chi connectivity index (χ0v) is 7.74. The second kappa shape index (κ2) is 4.32. The van der Waals surface area contributed by atoms with Gasteiger partial charge in [0.2, 0.25) is 0 Å². The first-order valence-electron chi connectivity index (χ1n) is 4.00. The molecule has 0 spiro atoms. The van der Waals surface area contributed by atoms with Gasteiger partial charge < -0.3 is 15.2 Å². The average Bonchev–Trinajstić information content (AvgIpc) is 2.17. The van der Waals surface area contributed by atoms with E-state index < -0.39 is 6.09 Å². The highest BCUT2D eigenvalue weighted by atomic mass is 35.5. The number of carbonyl (C=O) groups is 1. The lowest BCUT2D eigenvalue weighted by Crippen LogP contribution is -2.38. The monoisotopic (exact) mass is 206 g/mol. The number of hydrogen-bond donors (Lipinski definition) is 2. The Bertz CT molecular complexity index is 224. The fraction of sp³-hybridized carbons (Fsp3) is 0.714. The predicted molar refractivity (Wildman–Crippen MR) is 47.4 cm³/mol. The zero-order valence-electron chi connectivity index (χ0n) is 6.98. The molecule has 2 N–H and O–H groups in total. The molecule has 1 aliphatic rings. The molecular formula is C7H11ClN2O3. The van der Waals surface area contributed by atoms with Crippen molar-refractivity contribution >= 4 is 22.9 Å². The van der Waals surface area contributed by atoms with Crippen LogP contribution in [-0.2, 0) is 0 Å². The van der Waals surface area contributed by atoms with Crippen LogP contribution in [-0.4, -0.2) is 39.6 Å². The fourth-order valence-electron chi connectivity index (χ4n) is 1.39. The van der Waals surface area contributed by atoms with Crippen molar-refractivity contribution in [1.29, 1.82) is 0 Å². The van der Waals surface area contributed by atoms with E-state index in [2.05, 4.69) is 5.16 Å². The summed E-state index contributed by atoms with van der Waals surface area (Å²) >= 11 is 5.61. The molecule has 6 heteroatoms. The van der Waals surface area contributed by atoms with Crippen LogP contribution in [0.4, 0.5) is 4.79 Å². The Morgan fingerprint density at radius 1 is 1.46 bits per heavy atom. The van der Waals surface area contributed by atoms with Gasteiger partial charge >= 0.3 is 6.09 Å². The van der Waals surface area contributed by atoms with Crippen LogP contribution in [0.3, 0.4) is 0 Å². The van der Waals surface area contributed by atoms with Gasteiger partial charge in [-0.3, -0.25) is 0 Å². The lowest BCUT2D eigenvalue weighted by Gasteiger charge is -2.28. The predicted octanol–water partition coefficient (Wildman–Crippen LogP) is 1.40. The molecule has 0 unspecified atom stereocenters. The van der Waals surface area contributed by atoms with E-state index in [4.69, 9.17) is 21.9 Å². The van der Waals surface area contributed by atoms with E-state index in [0.717, 1.165) is 0 Å². The maximum absolute atomic E-state index is 10.5. The summed E-state index contributed by atoms with van der Waals surface area (Å²) in [6.45, 7) is 0.900. The molecule has 0 aromatic rings. The number of carboxylic acid groups (broad SMARTS) is 1. The zero-order chi connectivity index (χ0) is 9.84. The van der Waals surface area contributed by atoms with Crippen molar-refractivity contribution in [3.05, 3.63) is 0 Å². The Balaban J connectivity index is 2.43. The van der Waals surface area contributed by atoms with E-state index in [1.807, 2.05) is 0 Å². The molecule has 1 heterocycles. The van der Waals surface area contributed by atoms with Gasteiger partial charge in [-0.05, 0) is 12.8 Å². The number of likely N-dealkylation sites (tertiary alicyclic amines) is 1. The third-order valence-corrected chi connectivity index (χ3v) is 2.58. The second-order valence-corrected chi connectivity index (χ2v) is 3.35. The summed E-state index contributed by atoms with van der Waals surface area (Å²) in [4.78, 5) is 11.8. The number of piperidine rings is 1. The Labute approximate surface area is 80.6 Å². The van der Waals surface area contributed by atoms with Gasteiger partial charge in [-0.2, -0.15) is 0 Å². The van der Waals surface area contributed by atoms with Crippen LogP contribution >= 0.6 is 11.6 Å². The molecule has 0 bridgehead atoms. The first-order chi connectivity index (χ1) is 6.15. The third kappa shape index (κ3) is 2.48. The highest BCUT2D eigenvalue weighted by molar-refractivity contribution is 6.65. The van der Waals surface area contributed by atoms with E-state index in [0.29, 0.717) is 25.9 Å². The summed E-state index contributed by atoms with van der Waals surface area (Å²) in [6, 6.07) is 0. The smallest absolute Gasteiger partial charge is 0.407 e. The van der Waals surface area contributed by atoms with Crippen LogP contribution in [0, 0.1) is 5.92 Å². The van der Waals surface area contributed by atoms with Crippen LogP contribution in [0.25, 0.3) is 0 Å². The van der Waals surface area contributed by atoms with Crippen molar-refractivity contribution < 1.29 is 15.1 Å². The minimum Gasteiger partial charge on any atom is -0.465 e. The molecule has 1 amide bonds. The molecule has 5 nitrogen and oxygen atoms in total. The lowest BCUT2D eigenvalue weighted by atomic mass is 9.98. The van der Waals surface area contributed by atoms with Crippen molar-refractivity contribution in [3.63, 3.8) is 0 Å². The molecule has 1 rings (SSSR count). The number of rotatable bonds is 1. The molecule has 1 saturated heterocycles. The van der Waals surface area contributed by atoms with Gasteiger partial charge in [0, 0.05) is 19.0 Å². The van der Waals surface area contributed by atoms with Gasteiger partial charge in [-0.25, -0.2) is 4.79 Å². The van der Waals surface area contributed by atoms with Crippen molar-refractivity contribution in [3.8, 4) is 0 Å². The molecule has 13 heavy (non-hydrogen) atoms. The Kier molecular flexibility index (Phi) is 3.36. The minimum absolute atomic E-state index is 0.00210. The maximum atomic E-state index is 10.5. The molecule has 0 saturated carbocycles. The highest BCUT2D eigenvalue weighted by Crippen LogP contribution is 2.20. The number of hydrogen-bond acceptors (Lipinski definition) is 3. The van der Waals surface area contributed by atoms with E-state index in [1.54, 1.807) is 0 Å². The molecular weight excluding hydrogens is 196 g/mol. The van der Waals surface area contributed by atoms with Crippen molar-refractivity contribution in [2.24, 2.45) is 11.1 Å². The molecule has 1 aliphatic heterocycles. The highest BCUT2D eigenvalue weighted by Gasteiger charge is 2.24. The standard InChI is InChI=1S/C7H11ClN2O3/c8-6(9-13)5-1-3-10(4-2-5)7(11)12/h5,13H,1-4H2,(H,11,12). The van der Waals surface area contributed by atoms with Gasteiger partial charge in [0.25, 0.3) is 0 Å². The van der Waals surface area contributed by atoms with Crippen LogP contribution in [0.1, 0.15) is 12.8 Å². The first kappa shape index (κ1) is 10.1. The quantitative estimate of drug-likeness (QED) is 0.387. The maximum Gasteiger partial charge on any atom is 0.407 e. The summed E-state index contributed by atoms with van der Waals surface area (Å²) in [5, 5.41) is 20.1. The number of oxime groups is 1. The topological polar surface area (TPSA) is 73.1 Å². The van der Waals surface area contributed by atoms with E-state index in [-0.39, 0.29) is 11.1 Å². The average molecular weight is 207 g/mol. The summed E-state index contributed by atoms with van der Waals surface area (Å²) in [5.74, 6) is 0.00210. The van der Waals surface area contributed by atoms with Crippen LogP contribution in [0.2, 0.25) is 0 Å². The molecule has 0 aromatic carbocycles. The minimum atomic E-state index is -0.907. The summed E-state index contributed by atoms with van der Waals surface area (Å²) in [6.07, 6.45) is 0.334. The largest absolute Gasteiger partial charge is 0.465 e. The van der Waals surface area contributed by atoms with Crippen molar-refractivity contribution in [2.75, 3.05) is 13.1 Å². The Hall–Kier alpha value is -0.970. The van der Waals surface area contributed by atoms with Gasteiger partial charge in [0.05, 0.1) is 0 Å². The second-order valence-electron chi connectivity index (χ2n) is 2.97. The summed E-state index contributed by atoms with van der Waals surface area (Å²) in [7, 11) is 0. The van der Waals surface area contributed by atoms with Gasteiger partial charge in [-0.1, -0.05) is 16.8 Å². The van der Waals surface area contributed by atoms with Crippen LogP contribution in [0.5, 0.6) is 0 Å². The van der Waals surface area contributed by atoms with Gasteiger partial charge in [0.15, 0.2) is 0 Å². The Morgan fingerprint density at radius 2 is 2.00 bits per heavy atom. The fourth-order valence-corrected chi connectivity index (χ4v) is 1.61. The van der Waals surface area contributed by atoms with E-state index in [9.17, 15) is 4.79 Å². The molecule has 0 radical (unpaired) electrons. The molecule has 74 valence electrons. The summed E-state index contributed by atoms with van der Waals surface area (Å²) in [5.41, 5.74) is 0. The van der Waals surface area contributed by atoms with Crippen molar-refractivity contribution in [1.82, 2.24) is 4.90 Å². The number of halogens is 1. The lowest BCUT2D eigenvalue weighted by molar-refractivity contribution is 0.131. The molecule has 0 aliphatic carbocycles. The van der Waals surface area contributed by atoms with Gasteiger partial charge in [0.1, 0.15) is 5.17 Å². The summed E-state index contributed by atoms with van der Waals surface area (Å²) < 4.78 is 0. The van der Waals surface area contributed by atoms with E-state index >= 15 is 0 Å². The first-order valence-corrected chi connectivity index (χ1v) is 4.38. The molecule has 0 atom stereocenters. The molecule has 0 aromatic heterocycles. The van der Waals surface area contributed by atoms with Gasteiger partial charge in [-0.15, -0.1) is 0 Å². The number of nitrogens with zero attached hydrogens (tertiary/aromatic N) is 2. The van der Waals surface area contributed by atoms with E-state index in [1.165, 1.54) is 4.90 Å². The SMILES string of the molecule is O=C(O)N1CCC(C(Cl)=NO)CC1. The molecule has 1 fully saturated rings. The third-order valence-electron chi connectivity index (χ3n) is 2.20.